The minimum atomic E-state index is 0.453. The summed E-state index contributed by atoms with van der Waals surface area (Å²) in [6, 6.07) is 8.71. The summed E-state index contributed by atoms with van der Waals surface area (Å²) in [7, 11) is 1.71. The van der Waals surface area contributed by atoms with Crippen LogP contribution < -0.4 is 10.1 Å². The Kier molecular flexibility index (Phi) is 4.50. The molecule has 108 valence electrons. The van der Waals surface area contributed by atoms with Crippen molar-refractivity contribution in [1.82, 2.24) is 5.32 Å². The maximum absolute atomic E-state index is 5.90. The fourth-order valence-corrected chi connectivity index (χ4v) is 2.35. The van der Waals surface area contributed by atoms with E-state index >= 15 is 0 Å². The molecule has 0 saturated carbocycles. The third-order valence-electron chi connectivity index (χ3n) is 3.30. The van der Waals surface area contributed by atoms with Crippen molar-refractivity contribution >= 4 is 0 Å². The molecule has 0 aliphatic carbocycles. The largest absolute Gasteiger partial charge is 0.496 e. The summed E-state index contributed by atoms with van der Waals surface area (Å²) in [6.07, 6.45) is 0. The lowest BCUT2D eigenvalue weighted by Crippen LogP contribution is -2.21. The van der Waals surface area contributed by atoms with Gasteiger partial charge in [-0.3, -0.25) is 0 Å². The van der Waals surface area contributed by atoms with Crippen molar-refractivity contribution in [3.8, 4) is 17.1 Å². The molecule has 3 nitrogen and oxygen atoms in total. The number of nitrogens with one attached hydrogen (secondary N) is 1. The van der Waals surface area contributed by atoms with E-state index in [0.29, 0.717) is 6.04 Å². The average Bonchev–Trinajstić information content (AvgIpc) is 2.84. The second-order valence-electron chi connectivity index (χ2n) is 5.44. The number of rotatable bonds is 5. The van der Waals surface area contributed by atoms with Gasteiger partial charge < -0.3 is 14.5 Å². The van der Waals surface area contributed by atoms with Crippen LogP contribution in [0, 0.1) is 13.8 Å². The summed E-state index contributed by atoms with van der Waals surface area (Å²) in [4.78, 5) is 0. The SMILES string of the molecule is COc1c(C)cc(-c2ccc(CNC(C)C)o2)cc1C. The molecule has 2 rings (SSSR count). The molecule has 1 aromatic carbocycles. The van der Waals surface area contributed by atoms with Crippen LogP contribution in [-0.2, 0) is 6.54 Å². The highest BCUT2D eigenvalue weighted by Crippen LogP contribution is 2.30. The van der Waals surface area contributed by atoms with Gasteiger partial charge in [0.2, 0.25) is 0 Å². The van der Waals surface area contributed by atoms with Gasteiger partial charge in [0.25, 0.3) is 0 Å². The molecule has 0 amide bonds. The predicted molar refractivity (Wildman–Crippen MR) is 82.1 cm³/mol. The molecule has 0 atom stereocenters. The summed E-state index contributed by atoms with van der Waals surface area (Å²) in [5, 5.41) is 3.35. The zero-order chi connectivity index (χ0) is 14.7. The minimum Gasteiger partial charge on any atom is -0.496 e. The number of benzene rings is 1. The molecule has 0 spiro atoms. The Hall–Kier alpha value is -1.74. The number of furan rings is 1. The van der Waals surface area contributed by atoms with Crippen molar-refractivity contribution in [3.63, 3.8) is 0 Å². The van der Waals surface area contributed by atoms with Gasteiger partial charge in [0, 0.05) is 11.6 Å². The first-order valence-corrected chi connectivity index (χ1v) is 6.99. The normalized spacial score (nSPS) is 11.1. The zero-order valence-corrected chi connectivity index (χ0v) is 12.9. The van der Waals surface area contributed by atoms with Crippen LogP contribution in [0.4, 0.5) is 0 Å². The zero-order valence-electron chi connectivity index (χ0n) is 12.9. The van der Waals surface area contributed by atoms with Crippen LogP contribution in [0.3, 0.4) is 0 Å². The summed E-state index contributed by atoms with van der Waals surface area (Å²) >= 11 is 0. The first kappa shape index (κ1) is 14.7. The monoisotopic (exact) mass is 273 g/mol. The summed E-state index contributed by atoms with van der Waals surface area (Å²) in [5.74, 6) is 2.81. The van der Waals surface area contributed by atoms with Gasteiger partial charge in [-0.2, -0.15) is 0 Å². The Balaban J connectivity index is 2.24. The lowest BCUT2D eigenvalue weighted by Gasteiger charge is -2.10. The number of methoxy groups -OCH3 is 1. The van der Waals surface area contributed by atoms with E-state index in [2.05, 4.69) is 45.1 Å². The van der Waals surface area contributed by atoms with Gasteiger partial charge >= 0.3 is 0 Å². The quantitative estimate of drug-likeness (QED) is 0.891. The lowest BCUT2D eigenvalue weighted by atomic mass is 10.0. The summed E-state index contributed by atoms with van der Waals surface area (Å²) in [5.41, 5.74) is 3.35. The first-order valence-electron chi connectivity index (χ1n) is 6.99. The van der Waals surface area contributed by atoms with E-state index in [1.54, 1.807) is 7.11 Å². The molecule has 0 saturated heterocycles. The molecule has 1 aromatic heterocycles. The molecule has 2 aromatic rings. The van der Waals surface area contributed by atoms with Crippen molar-refractivity contribution in [2.75, 3.05) is 7.11 Å². The van der Waals surface area contributed by atoms with Crippen LogP contribution in [-0.4, -0.2) is 13.2 Å². The Bertz CT molecular complexity index is 561. The second kappa shape index (κ2) is 6.14. The van der Waals surface area contributed by atoms with E-state index in [1.807, 2.05) is 12.1 Å². The van der Waals surface area contributed by atoms with Crippen LogP contribution in [0.25, 0.3) is 11.3 Å². The van der Waals surface area contributed by atoms with E-state index in [0.717, 1.165) is 40.5 Å². The number of hydrogen-bond acceptors (Lipinski definition) is 3. The predicted octanol–water partition coefficient (Wildman–Crippen LogP) is 4.07. The minimum absolute atomic E-state index is 0.453. The maximum Gasteiger partial charge on any atom is 0.134 e. The number of aryl methyl sites for hydroxylation is 2. The van der Waals surface area contributed by atoms with E-state index in [-0.39, 0.29) is 0 Å². The second-order valence-corrected chi connectivity index (χ2v) is 5.44. The van der Waals surface area contributed by atoms with Crippen LogP contribution in [0.5, 0.6) is 5.75 Å². The Labute approximate surface area is 121 Å². The Morgan fingerprint density at radius 2 is 1.80 bits per heavy atom. The first-order chi connectivity index (χ1) is 9.51. The van der Waals surface area contributed by atoms with Gasteiger partial charge in [-0.05, 0) is 49.2 Å². The summed E-state index contributed by atoms with van der Waals surface area (Å²) < 4.78 is 11.3. The van der Waals surface area contributed by atoms with E-state index in [1.165, 1.54) is 0 Å². The van der Waals surface area contributed by atoms with Crippen LogP contribution in [0.2, 0.25) is 0 Å². The van der Waals surface area contributed by atoms with E-state index in [4.69, 9.17) is 9.15 Å². The highest BCUT2D eigenvalue weighted by molar-refractivity contribution is 5.63. The van der Waals surface area contributed by atoms with Gasteiger partial charge in [-0.1, -0.05) is 13.8 Å². The fraction of sp³-hybridized carbons (Fsp3) is 0.412. The molecule has 0 fully saturated rings. The Morgan fingerprint density at radius 1 is 1.15 bits per heavy atom. The Morgan fingerprint density at radius 3 is 2.35 bits per heavy atom. The highest BCUT2D eigenvalue weighted by Gasteiger charge is 2.10. The van der Waals surface area contributed by atoms with Crippen molar-refractivity contribution in [3.05, 3.63) is 41.2 Å². The van der Waals surface area contributed by atoms with Gasteiger partial charge in [0.15, 0.2) is 0 Å². The molecular weight excluding hydrogens is 250 g/mol. The van der Waals surface area contributed by atoms with Crippen molar-refractivity contribution < 1.29 is 9.15 Å². The molecular formula is C17H23NO2. The molecule has 0 radical (unpaired) electrons. The third-order valence-corrected chi connectivity index (χ3v) is 3.30. The topological polar surface area (TPSA) is 34.4 Å². The van der Waals surface area contributed by atoms with Gasteiger partial charge in [-0.15, -0.1) is 0 Å². The maximum atomic E-state index is 5.90. The van der Waals surface area contributed by atoms with Crippen LogP contribution >= 0.6 is 0 Å². The van der Waals surface area contributed by atoms with Gasteiger partial charge in [-0.25, -0.2) is 0 Å². The van der Waals surface area contributed by atoms with Gasteiger partial charge in [0.05, 0.1) is 13.7 Å². The van der Waals surface area contributed by atoms with Crippen LogP contribution in [0.15, 0.2) is 28.7 Å². The van der Waals surface area contributed by atoms with E-state index < -0.39 is 0 Å². The smallest absolute Gasteiger partial charge is 0.134 e. The average molecular weight is 273 g/mol. The molecule has 3 heteroatoms. The van der Waals surface area contributed by atoms with Crippen molar-refractivity contribution in [2.45, 2.75) is 40.3 Å². The van der Waals surface area contributed by atoms with Crippen molar-refractivity contribution in [2.24, 2.45) is 0 Å². The van der Waals surface area contributed by atoms with E-state index in [9.17, 15) is 0 Å². The highest BCUT2D eigenvalue weighted by atomic mass is 16.5. The number of hydrogen-bond donors (Lipinski definition) is 1. The van der Waals surface area contributed by atoms with Crippen molar-refractivity contribution in [1.29, 1.82) is 0 Å². The molecule has 0 unspecified atom stereocenters. The third kappa shape index (κ3) is 3.23. The standard InChI is InChI=1S/C17H23NO2/c1-11(2)18-10-15-6-7-16(20-15)14-8-12(3)17(19-5)13(4)9-14/h6-9,11,18H,10H2,1-5H3. The van der Waals surface area contributed by atoms with Crippen LogP contribution in [0.1, 0.15) is 30.7 Å². The van der Waals surface area contributed by atoms with Gasteiger partial charge in [0.1, 0.15) is 17.3 Å². The molecule has 0 bridgehead atoms. The molecule has 0 aliphatic rings. The fourth-order valence-electron chi connectivity index (χ4n) is 2.35. The molecule has 0 aliphatic heterocycles. The summed E-state index contributed by atoms with van der Waals surface area (Å²) in [6.45, 7) is 9.12. The number of ether oxygens (including phenoxy) is 1. The molecule has 1 heterocycles. The lowest BCUT2D eigenvalue weighted by molar-refractivity contribution is 0.408. The molecule has 1 N–H and O–H groups in total. The molecule has 20 heavy (non-hydrogen) atoms.